The van der Waals surface area contributed by atoms with Gasteiger partial charge in [0.15, 0.2) is 0 Å². The molecule has 0 aliphatic carbocycles. The normalized spacial score (nSPS) is 10.6. The van der Waals surface area contributed by atoms with Crippen LogP contribution in [-0.2, 0) is 6.54 Å². The molecule has 3 nitrogen and oxygen atoms in total. The molecule has 0 aromatic heterocycles. The third-order valence-electron chi connectivity index (χ3n) is 3.16. The van der Waals surface area contributed by atoms with Crippen LogP contribution in [0.2, 0.25) is 0 Å². The highest BCUT2D eigenvalue weighted by Gasteiger charge is 2.07. The van der Waals surface area contributed by atoms with Crippen LogP contribution in [-0.4, -0.2) is 6.10 Å². The molecule has 0 bridgehead atoms. The Morgan fingerprint density at radius 2 is 1.85 bits per heavy atom. The van der Waals surface area contributed by atoms with E-state index in [9.17, 15) is 0 Å². The zero-order valence-corrected chi connectivity index (χ0v) is 12.3. The van der Waals surface area contributed by atoms with Gasteiger partial charge < -0.3 is 15.8 Å². The van der Waals surface area contributed by atoms with E-state index in [-0.39, 0.29) is 6.10 Å². The van der Waals surface area contributed by atoms with Gasteiger partial charge in [-0.05, 0) is 44.0 Å². The summed E-state index contributed by atoms with van der Waals surface area (Å²) in [5, 5.41) is 3.38. The second-order valence-electron chi connectivity index (χ2n) is 5.16. The van der Waals surface area contributed by atoms with Gasteiger partial charge >= 0.3 is 0 Å². The second-order valence-corrected chi connectivity index (χ2v) is 5.16. The average Bonchev–Trinajstić information content (AvgIpc) is 2.41. The molecular formula is C17H22N2O. The van der Waals surface area contributed by atoms with Crippen LogP contribution in [0.5, 0.6) is 5.75 Å². The quantitative estimate of drug-likeness (QED) is 0.808. The molecule has 2 aromatic carbocycles. The van der Waals surface area contributed by atoms with Gasteiger partial charge in [0.1, 0.15) is 5.75 Å². The molecular weight excluding hydrogens is 248 g/mol. The molecule has 3 N–H and O–H groups in total. The summed E-state index contributed by atoms with van der Waals surface area (Å²) in [6.07, 6.45) is 0.115. The lowest BCUT2D eigenvalue weighted by Gasteiger charge is -2.16. The Labute approximate surface area is 120 Å². The summed E-state index contributed by atoms with van der Waals surface area (Å²) in [5.74, 6) is 0.731. The summed E-state index contributed by atoms with van der Waals surface area (Å²) in [7, 11) is 0. The Hall–Kier alpha value is -2.16. The SMILES string of the molecule is Cc1ccccc1CNc1cccc(OC(C)C)c1N. The molecule has 0 aliphatic heterocycles. The lowest BCUT2D eigenvalue weighted by molar-refractivity contribution is 0.244. The van der Waals surface area contributed by atoms with Crippen molar-refractivity contribution in [3.05, 3.63) is 53.6 Å². The molecule has 0 atom stereocenters. The fraction of sp³-hybridized carbons (Fsp3) is 0.294. The molecule has 3 heteroatoms. The van der Waals surface area contributed by atoms with Crippen molar-refractivity contribution in [3.63, 3.8) is 0 Å². The van der Waals surface area contributed by atoms with Crippen LogP contribution < -0.4 is 15.8 Å². The molecule has 0 amide bonds. The maximum Gasteiger partial charge on any atom is 0.144 e. The monoisotopic (exact) mass is 270 g/mol. The average molecular weight is 270 g/mol. The van der Waals surface area contributed by atoms with E-state index in [1.54, 1.807) is 0 Å². The standard InChI is InChI=1S/C17H22N2O/c1-12(2)20-16-10-6-9-15(17(16)18)19-11-14-8-5-4-7-13(14)3/h4-10,12,19H,11,18H2,1-3H3. The topological polar surface area (TPSA) is 47.3 Å². The first-order chi connectivity index (χ1) is 9.58. The first-order valence-electron chi connectivity index (χ1n) is 6.91. The Kier molecular flexibility index (Phi) is 4.51. The van der Waals surface area contributed by atoms with E-state index in [1.807, 2.05) is 44.2 Å². The minimum atomic E-state index is 0.115. The van der Waals surface area contributed by atoms with Crippen LogP contribution in [0.15, 0.2) is 42.5 Å². The molecule has 0 heterocycles. The van der Waals surface area contributed by atoms with Gasteiger partial charge in [-0.25, -0.2) is 0 Å². The molecule has 0 fully saturated rings. The number of benzene rings is 2. The fourth-order valence-electron chi connectivity index (χ4n) is 2.05. The number of para-hydroxylation sites is 1. The van der Waals surface area contributed by atoms with Crippen LogP contribution in [0.3, 0.4) is 0 Å². The van der Waals surface area contributed by atoms with Crippen LogP contribution in [0, 0.1) is 6.92 Å². The highest BCUT2D eigenvalue weighted by molar-refractivity contribution is 5.73. The third kappa shape index (κ3) is 3.44. The molecule has 0 spiro atoms. The molecule has 0 saturated heterocycles. The molecule has 2 rings (SSSR count). The largest absolute Gasteiger partial charge is 0.489 e. The predicted octanol–water partition coefficient (Wildman–Crippen LogP) is 3.98. The number of hydrogen-bond donors (Lipinski definition) is 2. The Bertz CT molecular complexity index is 579. The summed E-state index contributed by atoms with van der Waals surface area (Å²) in [6, 6.07) is 14.1. The number of anilines is 2. The van der Waals surface area contributed by atoms with E-state index in [0.29, 0.717) is 5.69 Å². The van der Waals surface area contributed by atoms with Crippen molar-refractivity contribution in [1.82, 2.24) is 0 Å². The van der Waals surface area contributed by atoms with E-state index in [4.69, 9.17) is 10.5 Å². The van der Waals surface area contributed by atoms with Crippen molar-refractivity contribution in [2.75, 3.05) is 11.1 Å². The second kappa shape index (κ2) is 6.33. The number of hydrogen-bond acceptors (Lipinski definition) is 3. The number of nitrogens with one attached hydrogen (secondary N) is 1. The molecule has 0 unspecified atom stereocenters. The van der Waals surface area contributed by atoms with Gasteiger partial charge in [-0.3, -0.25) is 0 Å². The molecule has 0 saturated carbocycles. The molecule has 2 aromatic rings. The van der Waals surface area contributed by atoms with Crippen LogP contribution in [0.1, 0.15) is 25.0 Å². The van der Waals surface area contributed by atoms with Crippen molar-refractivity contribution in [2.45, 2.75) is 33.4 Å². The van der Waals surface area contributed by atoms with Crippen molar-refractivity contribution in [2.24, 2.45) is 0 Å². The van der Waals surface area contributed by atoms with Crippen LogP contribution >= 0.6 is 0 Å². The summed E-state index contributed by atoms with van der Waals surface area (Å²) in [4.78, 5) is 0. The Morgan fingerprint density at radius 3 is 2.55 bits per heavy atom. The van der Waals surface area contributed by atoms with Crippen molar-refractivity contribution in [1.29, 1.82) is 0 Å². The van der Waals surface area contributed by atoms with Crippen LogP contribution in [0.4, 0.5) is 11.4 Å². The van der Waals surface area contributed by atoms with Crippen LogP contribution in [0.25, 0.3) is 0 Å². The highest BCUT2D eigenvalue weighted by Crippen LogP contribution is 2.30. The zero-order valence-electron chi connectivity index (χ0n) is 12.3. The lowest BCUT2D eigenvalue weighted by Crippen LogP contribution is -2.09. The van der Waals surface area contributed by atoms with Gasteiger partial charge in [0.25, 0.3) is 0 Å². The van der Waals surface area contributed by atoms with Crippen molar-refractivity contribution in [3.8, 4) is 5.75 Å². The summed E-state index contributed by atoms with van der Waals surface area (Å²) in [6.45, 7) is 6.85. The predicted molar refractivity (Wildman–Crippen MR) is 85.1 cm³/mol. The van der Waals surface area contributed by atoms with Gasteiger partial charge in [0.2, 0.25) is 0 Å². The minimum absolute atomic E-state index is 0.115. The Balaban J connectivity index is 2.12. The molecule has 20 heavy (non-hydrogen) atoms. The summed E-state index contributed by atoms with van der Waals surface area (Å²) in [5.41, 5.74) is 10.3. The van der Waals surface area contributed by atoms with Gasteiger partial charge in [0.05, 0.1) is 17.5 Å². The van der Waals surface area contributed by atoms with E-state index in [1.165, 1.54) is 11.1 Å². The lowest BCUT2D eigenvalue weighted by atomic mass is 10.1. The summed E-state index contributed by atoms with van der Waals surface area (Å²) < 4.78 is 5.70. The highest BCUT2D eigenvalue weighted by atomic mass is 16.5. The minimum Gasteiger partial charge on any atom is -0.489 e. The number of nitrogen functional groups attached to an aromatic ring is 1. The summed E-state index contributed by atoms with van der Waals surface area (Å²) >= 11 is 0. The fourth-order valence-corrected chi connectivity index (χ4v) is 2.05. The van der Waals surface area contributed by atoms with Crippen molar-refractivity contribution >= 4 is 11.4 Å². The first-order valence-corrected chi connectivity index (χ1v) is 6.91. The number of aryl methyl sites for hydroxylation is 1. The van der Waals surface area contributed by atoms with E-state index < -0.39 is 0 Å². The maximum absolute atomic E-state index is 6.15. The number of nitrogens with two attached hydrogens (primary N) is 1. The van der Waals surface area contributed by atoms with Gasteiger partial charge in [-0.1, -0.05) is 30.3 Å². The van der Waals surface area contributed by atoms with E-state index in [2.05, 4.69) is 24.4 Å². The molecule has 0 aliphatic rings. The number of rotatable bonds is 5. The molecule has 0 radical (unpaired) electrons. The van der Waals surface area contributed by atoms with Gasteiger partial charge in [-0.2, -0.15) is 0 Å². The van der Waals surface area contributed by atoms with E-state index in [0.717, 1.165) is 18.0 Å². The zero-order chi connectivity index (χ0) is 14.5. The van der Waals surface area contributed by atoms with Crippen molar-refractivity contribution < 1.29 is 4.74 Å². The first kappa shape index (κ1) is 14.3. The maximum atomic E-state index is 6.15. The third-order valence-corrected chi connectivity index (χ3v) is 3.16. The van der Waals surface area contributed by atoms with Gasteiger partial charge in [-0.15, -0.1) is 0 Å². The number of ether oxygens (including phenoxy) is 1. The Morgan fingerprint density at radius 1 is 1.10 bits per heavy atom. The van der Waals surface area contributed by atoms with E-state index >= 15 is 0 Å². The molecule has 106 valence electrons. The van der Waals surface area contributed by atoms with Gasteiger partial charge in [0, 0.05) is 6.54 Å². The smallest absolute Gasteiger partial charge is 0.144 e.